The van der Waals surface area contributed by atoms with Crippen molar-refractivity contribution in [2.75, 3.05) is 19.6 Å². The van der Waals surface area contributed by atoms with Crippen LogP contribution in [-0.2, 0) is 0 Å². The molecular formula is C16H19FN4O. The van der Waals surface area contributed by atoms with Gasteiger partial charge >= 0.3 is 0 Å². The maximum atomic E-state index is 13.0. The molecule has 0 bridgehead atoms. The number of H-pyrrole nitrogens is 1. The van der Waals surface area contributed by atoms with Gasteiger partial charge in [-0.2, -0.15) is 5.10 Å². The third-order valence-corrected chi connectivity index (χ3v) is 4.34. The van der Waals surface area contributed by atoms with E-state index in [4.69, 9.17) is 5.73 Å². The largest absolute Gasteiger partial charge is 0.338 e. The molecule has 116 valence electrons. The van der Waals surface area contributed by atoms with Crippen LogP contribution in [0.2, 0.25) is 0 Å². The summed E-state index contributed by atoms with van der Waals surface area (Å²) < 4.78 is 13.0. The van der Waals surface area contributed by atoms with Gasteiger partial charge in [0.15, 0.2) is 0 Å². The van der Waals surface area contributed by atoms with Gasteiger partial charge in [0, 0.05) is 18.7 Å². The number of carbonyl (C=O) groups is 1. The Bertz CT molecular complexity index is 682. The average Bonchev–Trinajstić information content (AvgIpc) is 3.15. The number of likely N-dealkylation sites (tertiary alicyclic amines) is 1. The molecule has 1 aliphatic rings. The molecule has 6 heteroatoms. The van der Waals surface area contributed by atoms with Gasteiger partial charge in [-0.25, -0.2) is 4.39 Å². The number of hydrogen-bond acceptors (Lipinski definition) is 3. The first-order valence-electron chi connectivity index (χ1n) is 7.31. The van der Waals surface area contributed by atoms with Crippen molar-refractivity contribution in [1.82, 2.24) is 15.1 Å². The molecule has 0 aliphatic carbocycles. The average molecular weight is 302 g/mol. The van der Waals surface area contributed by atoms with Crippen LogP contribution in [0.25, 0.3) is 11.3 Å². The van der Waals surface area contributed by atoms with Crippen LogP contribution in [0, 0.1) is 11.2 Å². The fraction of sp³-hybridized carbons (Fsp3) is 0.375. The third-order valence-electron chi connectivity index (χ3n) is 4.34. The van der Waals surface area contributed by atoms with Crippen LogP contribution in [0.5, 0.6) is 0 Å². The van der Waals surface area contributed by atoms with Crippen molar-refractivity contribution < 1.29 is 9.18 Å². The minimum Gasteiger partial charge on any atom is -0.338 e. The topological polar surface area (TPSA) is 75.0 Å². The predicted molar refractivity (Wildman–Crippen MR) is 81.7 cm³/mol. The van der Waals surface area contributed by atoms with Gasteiger partial charge < -0.3 is 10.6 Å². The lowest BCUT2D eigenvalue weighted by molar-refractivity contribution is 0.0777. The summed E-state index contributed by atoms with van der Waals surface area (Å²) in [6.07, 6.45) is 2.43. The zero-order valence-electron chi connectivity index (χ0n) is 12.5. The van der Waals surface area contributed by atoms with Crippen LogP contribution in [0.3, 0.4) is 0 Å². The molecule has 1 aliphatic heterocycles. The third kappa shape index (κ3) is 2.62. The highest BCUT2D eigenvalue weighted by Crippen LogP contribution is 2.31. The van der Waals surface area contributed by atoms with Gasteiger partial charge in [0.05, 0.1) is 17.5 Å². The van der Waals surface area contributed by atoms with E-state index in [-0.39, 0.29) is 17.1 Å². The van der Waals surface area contributed by atoms with Crippen molar-refractivity contribution in [3.8, 4) is 11.3 Å². The van der Waals surface area contributed by atoms with E-state index in [0.717, 1.165) is 12.0 Å². The summed E-state index contributed by atoms with van der Waals surface area (Å²) in [7, 11) is 0. The lowest BCUT2D eigenvalue weighted by atomic mass is 9.90. The quantitative estimate of drug-likeness (QED) is 0.911. The summed E-state index contributed by atoms with van der Waals surface area (Å²) in [5, 5.41) is 6.81. The fourth-order valence-electron chi connectivity index (χ4n) is 2.82. The van der Waals surface area contributed by atoms with Crippen LogP contribution in [0.4, 0.5) is 4.39 Å². The maximum absolute atomic E-state index is 13.0. The van der Waals surface area contributed by atoms with E-state index in [0.29, 0.717) is 30.9 Å². The SMILES string of the molecule is CC1(CN)CCN(C(=O)c2cn[nH]c2-c2ccc(F)cc2)C1. The molecule has 2 heterocycles. The number of aromatic amines is 1. The molecule has 3 N–H and O–H groups in total. The first-order chi connectivity index (χ1) is 10.5. The molecule has 22 heavy (non-hydrogen) atoms. The lowest BCUT2D eigenvalue weighted by Crippen LogP contribution is -2.34. The number of nitrogens with zero attached hydrogens (tertiary/aromatic N) is 2. The Morgan fingerprint density at radius 3 is 2.82 bits per heavy atom. The standard InChI is InChI=1S/C16H19FN4O/c1-16(9-18)6-7-21(10-16)15(22)13-8-19-20-14(13)11-2-4-12(17)5-3-11/h2-5,8H,6-7,9-10,18H2,1H3,(H,19,20). The summed E-state index contributed by atoms with van der Waals surface area (Å²) >= 11 is 0. The molecule has 0 spiro atoms. The van der Waals surface area contributed by atoms with Crippen molar-refractivity contribution in [2.24, 2.45) is 11.1 Å². The van der Waals surface area contributed by atoms with Crippen LogP contribution in [0.1, 0.15) is 23.7 Å². The minimum atomic E-state index is -0.311. The number of halogens is 1. The first-order valence-corrected chi connectivity index (χ1v) is 7.31. The summed E-state index contributed by atoms with van der Waals surface area (Å²) in [5.41, 5.74) is 7.64. The normalized spacial score (nSPS) is 21.3. The molecule has 0 radical (unpaired) electrons. The summed E-state index contributed by atoms with van der Waals surface area (Å²) in [5.74, 6) is -0.375. The number of aromatic nitrogens is 2. The molecule has 1 fully saturated rings. The van der Waals surface area contributed by atoms with Crippen LogP contribution in [-0.4, -0.2) is 40.6 Å². The van der Waals surface area contributed by atoms with Gasteiger partial charge in [0.1, 0.15) is 5.82 Å². The van der Waals surface area contributed by atoms with Gasteiger partial charge in [-0.3, -0.25) is 9.89 Å². The molecule has 3 rings (SSSR count). The van der Waals surface area contributed by atoms with Gasteiger partial charge in [0.2, 0.25) is 0 Å². The van der Waals surface area contributed by atoms with E-state index in [2.05, 4.69) is 17.1 Å². The van der Waals surface area contributed by atoms with Crippen molar-refractivity contribution in [3.05, 3.63) is 41.8 Å². The smallest absolute Gasteiger partial charge is 0.257 e. The van der Waals surface area contributed by atoms with Crippen molar-refractivity contribution in [2.45, 2.75) is 13.3 Å². The second kappa shape index (κ2) is 5.53. The molecule has 0 saturated carbocycles. The molecule has 1 aromatic heterocycles. The molecule has 1 aromatic carbocycles. The number of rotatable bonds is 3. The lowest BCUT2D eigenvalue weighted by Gasteiger charge is -2.22. The highest BCUT2D eigenvalue weighted by molar-refractivity contribution is 5.99. The second-order valence-electron chi connectivity index (χ2n) is 6.16. The van der Waals surface area contributed by atoms with E-state index >= 15 is 0 Å². The fourth-order valence-corrected chi connectivity index (χ4v) is 2.82. The highest BCUT2D eigenvalue weighted by Gasteiger charge is 2.36. The first kappa shape index (κ1) is 14.7. The van der Waals surface area contributed by atoms with E-state index in [1.54, 1.807) is 12.1 Å². The Morgan fingerprint density at radius 2 is 2.18 bits per heavy atom. The van der Waals surface area contributed by atoms with E-state index < -0.39 is 0 Å². The van der Waals surface area contributed by atoms with Gasteiger partial charge in [-0.05, 0) is 42.6 Å². The Labute approximate surface area is 128 Å². The number of amides is 1. The number of hydrogen-bond donors (Lipinski definition) is 2. The predicted octanol–water partition coefficient (Wildman–Crippen LogP) is 2.03. The Balaban J connectivity index is 1.86. The van der Waals surface area contributed by atoms with Crippen molar-refractivity contribution >= 4 is 5.91 Å². The number of nitrogens with two attached hydrogens (primary N) is 1. The molecule has 1 atom stereocenters. The second-order valence-corrected chi connectivity index (χ2v) is 6.16. The number of benzene rings is 1. The molecule has 2 aromatic rings. The molecule has 1 saturated heterocycles. The van der Waals surface area contributed by atoms with Crippen LogP contribution < -0.4 is 5.73 Å². The van der Waals surface area contributed by atoms with E-state index in [1.807, 2.05) is 4.90 Å². The molecular weight excluding hydrogens is 283 g/mol. The summed E-state index contributed by atoms with van der Waals surface area (Å²) in [4.78, 5) is 14.5. The maximum Gasteiger partial charge on any atom is 0.257 e. The highest BCUT2D eigenvalue weighted by atomic mass is 19.1. The summed E-state index contributed by atoms with van der Waals surface area (Å²) in [6.45, 7) is 4.00. The van der Waals surface area contributed by atoms with Crippen molar-refractivity contribution in [3.63, 3.8) is 0 Å². The molecule has 1 unspecified atom stereocenters. The van der Waals surface area contributed by atoms with Crippen molar-refractivity contribution in [1.29, 1.82) is 0 Å². The number of nitrogens with one attached hydrogen (secondary N) is 1. The Hall–Kier alpha value is -2.21. The molecule has 1 amide bonds. The van der Waals surface area contributed by atoms with E-state index in [9.17, 15) is 9.18 Å². The van der Waals surface area contributed by atoms with Crippen LogP contribution in [0.15, 0.2) is 30.5 Å². The number of carbonyl (C=O) groups excluding carboxylic acids is 1. The zero-order valence-corrected chi connectivity index (χ0v) is 12.5. The summed E-state index contributed by atoms with van der Waals surface area (Å²) in [6, 6.07) is 6.00. The molecule has 5 nitrogen and oxygen atoms in total. The van der Waals surface area contributed by atoms with E-state index in [1.165, 1.54) is 18.3 Å². The van der Waals surface area contributed by atoms with Gasteiger partial charge in [0.25, 0.3) is 5.91 Å². The minimum absolute atomic E-state index is 0.0184. The Kier molecular flexibility index (Phi) is 3.70. The zero-order chi connectivity index (χ0) is 15.7. The Morgan fingerprint density at radius 1 is 1.45 bits per heavy atom. The van der Waals surface area contributed by atoms with Gasteiger partial charge in [-0.1, -0.05) is 6.92 Å². The van der Waals surface area contributed by atoms with Crippen LogP contribution >= 0.6 is 0 Å². The van der Waals surface area contributed by atoms with Gasteiger partial charge in [-0.15, -0.1) is 0 Å². The monoisotopic (exact) mass is 302 g/mol.